The van der Waals surface area contributed by atoms with Crippen molar-refractivity contribution >= 4 is 38.1 Å². The zero-order valence-electron chi connectivity index (χ0n) is 16.0. The van der Waals surface area contributed by atoms with E-state index in [9.17, 15) is 13.2 Å². The fourth-order valence-corrected chi connectivity index (χ4v) is 3.83. The molecule has 0 saturated carbocycles. The van der Waals surface area contributed by atoms with E-state index in [1.165, 1.54) is 7.11 Å². The molecule has 0 aliphatic rings. The summed E-state index contributed by atoms with van der Waals surface area (Å²) < 4.78 is 31.1. The molecule has 0 saturated heterocycles. The molecule has 3 aromatic rings. The molecular weight excluding hydrogens is 376 g/mol. The van der Waals surface area contributed by atoms with Crippen LogP contribution in [0.1, 0.15) is 5.56 Å². The second-order valence-electron chi connectivity index (χ2n) is 6.56. The minimum absolute atomic E-state index is 0.332. The summed E-state index contributed by atoms with van der Waals surface area (Å²) in [5.41, 5.74) is 1.80. The Hall–Kier alpha value is -3.06. The molecule has 0 aliphatic heterocycles. The molecule has 0 fully saturated rings. The van der Waals surface area contributed by atoms with Gasteiger partial charge in [0.15, 0.2) is 0 Å². The van der Waals surface area contributed by atoms with Crippen molar-refractivity contribution in [2.75, 3.05) is 29.5 Å². The summed E-state index contributed by atoms with van der Waals surface area (Å²) in [7, 11) is -2.23. The number of hydrogen-bond acceptors (Lipinski definition) is 4. The van der Waals surface area contributed by atoms with Crippen LogP contribution in [0.3, 0.4) is 0 Å². The number of hydrogen-bond donors (Lipinski definition) is 1. The zero-order chi connectivity index (χ0) is 20.3. The van der Waals surface area contributed by atoms with Gasteiger partial charge >= 0.3 is 0 Å². The van der Waals surface area contributed by atoms with E-state index in [0.29, 0.717) is 17.1 Å². The fourth-order valence-electron chi connectivity index (χ4n) is 2.97. The predicted molar refractivity (Wildman–Crippen MR) is 112 cm³/mol. The van der Waals surface area contributed by atoms with Crippen LogP contribution in [0.25, 0.3) is 10.8 Å². The highest BCUT2D eigenvalue weighted by Gasteiger charge is 2.24. The highest BCUT2D eigenvalue weighted by atomic mass is 32.2. The van der Waals surface area contributed by atoms with Crippen LogP contribution in [0.5, 0.6) is 5.75 Å². The Morgan fingerprint density at radius 3 is 2.43 bits per heavy atom. The van der Waals surface area contributed by atoms with Crippen LogP contribution in [0.15, 0.2) is 60.7 Å². The summed E-state index contributed by atoms with van der Waals surface area (Å²) in [5.74, 6) is -0.0567. The summed E-state index contributed by atoms with van der Waals surface area (Å²) in [6, 6.07) is 18.5. The Bertz CT molecular complexity index is 1130. The quantitative estimate of drug-likeness (QED) is 0.689. The van der Waals surface area contributed by atoms with Crippen LogP contribution in [-0.2, 0) is 14.8 Å². The second kappa shape index (κ2) is 7.90. The van der Waals surface area contributed by atoms with Crippen LogP contribution >= 0.6 is 0 Å². The van der Waals surface area contributed by atoms with Crippen molar-refractivity contribution in [3.05, 3.63) is 66.2 Å². The third-order valence-electron chi connectivity index (χ3n) is 4.32. The molecule has 7 heteroatoms. The molecule has 1 amide bonds. The van der Waals surface area contributed by atoms with Gasteiger partial charge in [-0.25, -0.2) is 8.42 Å². The highest BCUT2D eigenvalue weighted by Crippen LogP contribution is 2.31. The molecule has 0 unspecified atom stereocenters. The van der Waals surface area contributed by atoms with E-state index >= 15 is 0 Å². The van der Waals surface area contributed by atoms with Gasteiger partial charge in [0.05, 0.1) is 19.1 Å². The van der Waals surface area contributed by atoms with Crippen molar-refractivity contribution in [2.24, 2.45) is 0 Å². The maximum atomic E-state index is 12.6. The Morgan fingerprint density at radius 1 is 1.04 bits per heavy atom. The van der Waals surface area contributed by atoms with E-state index in [-0.39, 0.29) is 6.54 Å². The summed E-state index contributed by atoms with van der Waals surface area (Å²) in [4.78, 5) is 12.6. The topological polar surface area (TPSA) is 75.7 Å². The minimum Gasteiger partial charge on any atom is -0.495 e. The number of methoxy groups -OCH3 is 1. The lowest BCUT2D eigenvalue weighted by Crippen LogP contribution is -2.37. The second-order valence-corrected chi connectivity index (χ2v) is 8.46. The van der Waals surface area contributed by atoms with Crippen molar-refractivity contribution in [3.8, 4) is 5.75 Å². The monoisotopic (exact) mass is 398 g/mol. The number of amides is 1. The molecule has 0 aliphatic carbocycles. The average molecular weight is 398 g/mol. The molecule has 3 rings (SSSR count). The number of carbonyl (C=O) groups excluding carboxylic acids is 1. The lowest BCUT2D eigenvalue weighted by molar-refractivity contribution is -0.114. The summed E-state index contributed by atoms with van der Waals surface area (Å²) in [6.45, 7) is 1.49. The third-order valence-corrected chi connectivity index (χ3v) is 5.45. The number of anilines is 2. The molecule has 0 radical (unpaired) electrons. The molecule has 0 bridgehead atoms. The molecule has 3 aromatic carbocycles. The van der Waals surface area contributed by atoms with Gasteiger partial charge < -0.3 is 10.1 Å². The van der Waals surface area contributed by atoms with Gasteiger partial charge in [-0.1, -0.05) is 36.4 Å². The van der Waals surface area contributed by atoms with Crippen molar-refractivity contribution in [1.29, 1.82) is 0 Å². The number of ether oxygens (including phenoxy) is 1. The first-order valence-corrected chi connectivity index (χ1v) is 10.5. The van der Waals surface area contributed by atoms with Crippen molar-refractivity contribution in [3.63, 3.8) is 0 Å². The molecule has 0 spiro atoms. The van der Waals surface area contributed by atoms with E-state index in [1.807, 2.05) is 49.4 Å². The lowest BCUT2D eigenvalue weighted by atomic mass is 10.1. The average Bonchev–Trinajstić information content (AvgIpc) is 2.65. The maximum absolute atomic E-state index is 12.6. The van der Waals surface area contributed by atoms with Crippen molar-refractivity contribution in [1.82, 2.24) is 0 Å². The van der Waals surface area contributed by atoms with E-state index in [1.54, 1.807) is 18.2 Å². The normalized spacial score (nSPS) is 11.2. The molecule has 146 valence electrons. The van der Waals surface area contributed by atoms with Crippen LogP contribution in [0.4, 0.5) is 11.4 Å². The first-order chi connectivity index (χ1) is 13.3. The zero-order valence-corrected chi connectivity index (χ0v) is 16.8. The fraction of sp³-hybridized carbons (Fsp3) is 0.190. The van der Waals surface area contributed by atoms with Crippen LogP contribution in [-0.4, -0.2) is 34.2 Å². The largest absolute Gasteiger partial charge is 0.495 e. The van der Waals surface area contributed by atoms with Gasteiger partial charge in [0.1, 0.15) is 12.3 Å². The van der Waals surface area contributed by atoms with Gasteiger partial charge in [-0.15, -0.1) is 0 Å². The predicted octanol–water partition coefficient (Wildman–Crippen LogP) is 3.56. The number of nitrogens with one attached hydrogen (secondary N) is 1. The van der Waals surface area contributed by atoms with Gasteiger partial charge in [-0.3, -0.25) is 9.10 Å². The van der Waals surface area contributed by atoms with Gasteiger partial charge in [0, 0.05) is 5.69 Å². The Morgan fingerprint density at radius 2 is 1.75 bits per heavy atom. The lowest BCUT2D eigenvalue weighted by Gasteiger charge is -2.24. The summed E-state index contributed by atoms with van der Waals surface area (Å²) >= 11 is 0. The maximum Gasteiger partial charge on any atom is 0.245 e. The smallest absolute Gasteiger partial charge is 0.245 e. The van der Waals surface area contributed by atoms with Crippen molar-refractivity contribution < 1.29 is 17.9 Å². The Labute approximate surface area is 164 Å². The number of carbonyl (C=O) groups is 1. The standard InChI is InChI=1S/C21H22N2O4S/c1-15-8-11-20(27-2)19(12-15)23(28(3,25)26)14-21(24)22-18-10-9-16-6-4-5-7-17(16)13-18/h4-13H,14H2,1-3H3,(H,22,24). The molecule has 0 atom stereocenters. The van der Waals surface area contributed by atoms with E-state index < -0.39 is 15.9 Å². The Kier molecular flexibility index (Phi) is 5.56. The first-order valence-electron chi connectivity index (χ1n) is 8.69. The highest BCUT2D eigenvalue weighted by molar-refractivity contribution is 7.92. The van der Waals surface area contributed by atoms with E-state index in [2.05, 4.69) is 5.32 Å². The number of fused-ring (bicyclic) bond motifs is 1. The van der Waals surface area contributed by atoms with Gasteiger partial charge in [-0.05, 0) is 47.5 Å². The molecular formula is C21H22N2O4S. The molecule has 0 aromatic heterocycles. The summed E-state index contributed by atoms with van der Waals surface area (Å²) in [5, 5.41) is 4.82. The van der Waals surface area contributed by atoms with Gasteiger partial charge in [0.2, 0.25) is 15.9 Å². The van der Waals surface area contributed by atoms with E-state index in [0.717, 1.165) is 26.9 Å². The number of sulfonamides is 1. The number of aryl methyl sites for hydroxylation is 1. The first kappa shape index (κ1) is 19.7. The SMILES string of the molecule is COc1ccc(C)cc1N(CC(=O)Nc1ccc2ccccc2c1)S(C)(=O)=O. The van der Waals surface area contributed by atoms with Crippen molar-refractivity contribution in [2.45, 2.75) is 6.92 Å². The third kappa shape index (κ3) is 4.43. The van der Waals surface area contributed by atoms with Crippen LogP contribution < -0.4 is 14.4 Å². The number of nitrogens with zero attached hydrogens (tertiary/aromatic N) is 1. The van der Waals surface area contributed by atoms with Crippen LogP contribution in [0.2, 0.25) is 0 Å². The van der Waals surface area contributed by atoms with Gasteiger partial charge in [-0.2, -0.15) is 0 Å². The summed E-state index contributed by atoms with van der Waals surface area (Å²) in [6.07, 6.45) is 1.07. The molecule has 1 N–H and O–H groups in total. The minimum atomic E-state index is -3.70. The number of benzene rings is 3. The molecule has 6 nitrogen and oxygen atoms in total. The molecule has 0 heterocycles. The van der Waals surface area contributed by atoms with Crippen LogP contribution in [0, 0.1) is 6.92 Å². The molecule has 28 heavy (non-hydrogen) atoms. The number of rotatable bonds is 6. The van der Waals surface area contributed by atoms with E-state index in [4.69, 9.17) is 4.74 Å². The Balaban J connectivity index is 1.87. The van der Waals surface area contributed by atoms with Gasteiger partial charge in [0.25, 0.3) is 0 Å².